The van der Waals surface area contributed by atoms with Crippen LogP contribution < -0.4 is 4.90 Å². The number of anilines is 1. The number of nitrogens with zero attached hydrogens (tertiary/aromatic N) is 5. The van der Waals surface area contributed by atoms with E-state index in [0.29, 0.717) is 0 Å². The Morgan fingerprint density at radius 3 is 2.88 bits per heavy atom. The van der Waals surface area contributed by atoms with E-state index in [2.05, 4.69) is 45.1 Å². The van der Waals surface area contributed by atoms with Crippen molar-refractivity contribution in [3.05, 3.63) is 53.4 Å². The lowest BCUT2D eigenvalue weighted by Gasteiger charge is -2.24. The van der Waals surface area contributed by atoms with Gasteiger partial charge in [-0.2, -0.15) is 5.10 Å². The zero-order valence-electron chi connectivity index (χ0n) is 15.1. The Labute approximate surface area is 159 Å². The fourth-order valence-electron chi connectivity index (χ4n) is 3.67. The van der Waals surface area contributed by atoms with Crippen molar-refractivity contribution >= 4 is 28.2 Å². The van der Waals surface area contributed by atoms with Gasteiger partial charge in [-0.15, -0.1) is 0 Å². The van der Waals surface area contributed by atoms with Crippen LogP contribution in [0.1, 0.15) is 18.9 Å². The van der Waals surface area contributed by atoms with E-state index >= 15 is 0 Å². The Hall–Kier alpha value is -2.11. The maximum absolute atomic E-state index is 6.12. The Morgan fingerprint density at radius 2 is 2.04 bits per heavy atom. The van der Waals surface area contributed by atoms with Crippen LogP contribution in [0.25, 0.3) is 10.9 Å². The molecule has 1 aromatic carbocycles. The summed E-state index contributed by atoms with van der Waals surface area (Å²) in [5, 5.41) is 6.30. The first kappa shape index (κ1) is 17.3. The van der Waals surface area contributed by atoms with E-state index in [1.54, 1.807) is 0 Å². The van der Waals surface area contributed by atoms with E-state index in [0.717, 1.165) is 56.2 Å². The molecule has 1 aliphatic heterocycles. The molecule has 0 aliphatic carbocycles. The minimum atomic E-state index is 0.733. The van der Waals surface area contributed by atoms with Gasteiger partial charge < -0.3 is 4.90 Å². The van der Waals surface area contributed by atoms with Crippen molar-refractivity contribution in [1.29, 1.82) is 0 Å². The fourth-order valence-corrected chi connectivity index (χ4v) is 3.84. The lowest BCUT2D eigenvalue weighted by Crippen LogP contribution is -2.30. The highest BCUT2D eigenvalue weighted by molar-refractivity contribution is 6.31. The van der Waals surface area contributed by atoms with Crippen LogP contribution in [0.4, 0.5) is 5.69 Å². The predicted octanol–water partition coefficient (Wildman–Crippen LogP) is 3.82. The number of aromatic nitrogens is 3. The summed E-state index contributed by atoms with van der Waals surface area (Å²) >= 11 is 6.12. The third-order valence-corrected chi connectivity index (χ3v) is 5.26. The highest BCUT2D eigenvalue weighted by atomic mass is 35.5. The van der Waals surface area contributed by atoms with E-state index in [1.807, 2.05) is 29.2 Å². The van der Waals surface area contributed by atoms with E-state index in [4.69, 9.17) is 11.6 Å². The second kappa shape index (κ2) is 7.64. The molecule has 0 saturated carbocycles. The summed E-state index contributed by atoms with van der Waals surface area (Å²) in [5.41, 5.74) is 3.51. The molecule has 3 heterocycles. The van der Waals surface area contributed by atoms with Crippen LogP contribution in [0.2, 0.25) is 5.02 Å². The van der Waals surface area contributed by atoms with Crippen LogP contribution in [-0.2, 0) is 13.1 Å². The van der Waals surface area contributed by atoms with Gasteiger partial charge in [0.25, 0.3) is 0 Å². The third kappa shape index (κ3) is 3.69. The van der Waals surface area contributed by atoms with Gasteiger partial charge in [-0.1, -0.05) is 11.6 Å². The smallest absolute Gasteiger partial charge is 0.0737 e. The van der Waals surface area contributed by atoms with Crippen LogP contribution >= 0.6 is 11.6 Å². The van der Waals surface area contributed by atoms with Crippen LogP contribution in [0.5, 0.6) is 0 Å². The molecule has 2 aromatic heterocycles. The molecule has 1 saturated heterocycles. The molecule has 0 amide bonds. The lowest BCUT2D eigenvalue weighted by molar-refractivity contribution is 0.285. The number of hydrogen-bond acceptors (Lipinski definition) is 4. The summed E-state index contributed by atoms with van der Waals surface area (Å²) in [4.78, 5) is 9.48. The van der Waals surface area contributed by atoms with Gasteiger partial charge in [0.15, 0.2) is 0 Å². The monoisotopic (exact) mass is 369 g/mol. The molecule has 4 rings (SSSR count). The Morgan fingerprint density at radius 1 is 1.12 bits per heavy atom. The molecular weight excluding hydrogens is 346 g/mol. The third-order valence-electron chi connectivity index (χ3n) is 5.03. The van der Waals surface area contributed by atoms with Gasteiger partial charge >= 0.3 is 0 Å². The lowest BCUT2D eigenvalue weighted by atomic mass is 10.1. The molecule has 136 valence electrons. The van der Waals surface area contributed by atoms with Crippen molar-refractivity contribution in [3.63, 3.8) is 0 Å². The maximum atomic E-state index is 6.12. The SMILES string of the molecule is CCn1cc(CN2CCCN(c3ccnc4cc(Cl)ccc34)CC2)cn1. The van der Waals surface area contributed by atoms with Crippen molar-refractivity contribution < 1.29 is 0 Å². The summed E-state index contributed by atoms with van der Waals surface area (Å²) in [6, 6.07) is 8.10. The number of hydrogen-bond donors (Lipinski definition) is 0. The maximum Gasteiger partial charge on any atom is 0.0737 e. The normalized spacial score (nSPS) is 16.2. The second-order valence-electron chi connectivity index (χ2n) is 6.81. The van der Waals surface area contributed by atoms with Crippen molar-refractivity contribution in [2.45, 2.75) is 26.4 Å². The molecule has 3 aromatic rings. The molecule has 26 heavy (non-hydrogen) atoms. The molecular formula is C20H24ClN5. The predicted molar refractivity (Wildman–Crippen MR) is 107 cm³/mol. The molecule has 0 atom stereocenters. The molecule has 0 spiro atoms. The first-order valence-corrected chi connectivity index (χ1v) is 9.63. The quantitative estimate of drug-likeness (QED) is 0.700. The largest absolute Gasteiger partial charge is 0.370 e. The van der Waals surface area contributed by atoms with Crippen molar-refractivity contribution in [2.24, 2.45) is 0 Å². The summed E-state index contributed by atoms with van der Waals surface area (Å²) in [6.45, 7) is 8.26. The highest BCUT2D eigenvalue weighted by Crippen LogP contribution is 2.28. The van der Waals surface area contributed by atoms with Gasteiger partial charge in [0.05, 0.1) is 11.7 Å². The first-order valence-electron chi connectivity index (χ1n) is 9.26. The average molecular weight is 370 g/mol. The highest BCUT2D eigenvalue weighted by Gasteiger charge is 2.17. The van der Waals surface area contributed by atoms with Crippen molar-refractivity contribution in [2.75, 3.05) is 31.1 Å². The summed E-state index contributed by atoms with van der Waals surface area (Å²) < 4.78 is 1.99. The minimum Gasteiger partial charge on any atom is -0.370 e. The Balaban J connectivity index is 1.48. The van der Waals surface area contributed by atoms with Crippen LogP contribution in [-0.4, -0.2) is 45.8 Å². The summed E-state index contributed by atoms with van der Waals surface area (Å²) in [6.07, 6.45) is 7.18. The molecule has 1 aliphatic rings. The number of halogens is 1. The summed E-state index contributed by atoms with van der Waals surface area (Å²) in [5.74, 6) is 0. The minimum absolute atomic E-state index is 0.733. The second-order valence-corrected chi connectivity index (χ2v) is 7.25. The van der Waals surface area contributed by atoms with Gasteiger partial charge in [0.1, 0.15) is 0 Å². The zero-order chi connectivity index (χ0) is 17.9. The van der Waals surface area contributed by atoms with Crippen LogP contribution in [0.15, 0.2) is 42.9 Å². The average Bonchev–Trinajstić information content (AvgIpc) is 2.98. The molecule has 1 fully saturated rings. The summed E-state index contributed by atoms with van der Waals surface area (Å²) in [7, 11) is 0. The van der Waals surface area contributed by atoms with Gasteiger partial charge in [0, 0.05) is 73.3 Å². The number of benzene rings is 1. The fraction of sp³-hybridized carbons (Fsp3) is 0.400. The molecule has 0 radical (unpaired) electrons. The number of rotatable bonds is 4. The standard InChI is InChI=1S/C20H24ClN5/c1-2-26-15-16(13-23-26)14-24-8-3-9-25(11-10-24)20-6-7-22-19-12-17(21)4-5-18(19)20/h4-7,12-13,15H,2-3,8-11,14H2,1H3. The topological polar surface area (TPSA) is 37.2 Å². The number of fused-ring (bicyclic) bond motifs is 1. The van der Waals surface area contributed by atoms with E-state index in [1.165, 1.54) is 16.6 Å². The van der Waals surface area contributed by atoms with Gasteiger partial charge in [-0.25, -0.2) is 0 Å². The van der Waals surface area contributed by atoms with E-state index < -0.39 is 0 Å². The van der Waals surface area contributed by atoms with Crippen LogP contribution in [0, 0.1) is 0 Å². The number of aryl methyl sites for hydroxylation is 1. The Bertz CT molecular complexity index is 891. The van der Waals surface area contributed by atoms with Gasteiger partial charge in [-0.3, -0.25) is 14.6 Å². The van der Waals surface area contributed by atoms with Crippen molar-refractivity contribution in [3.8, 4) is 0 Å². The van der Waals surface area contributed by atoms with Gasteiger partial charge in [0.2, 0.25) is 0 Å². The van der Waals surface area contributed by atoms with Crippen molar-refractivity contribution in [1.82, 2.24) is 19.7 Å². The molecule has 0 N–H and O–H groups in total. The van der Waals surface area contributed by atoms with E-state index in [9.17, 15) is 0 Å². The molecule has 6 heteroatoms. The first-order chi connectivity index (χ1) is 12.7. The molecule has 0 bridgehead atoms. The van der Waals surface area contributed by atoms with E-state index in [-0.39, 0.29) is 0 Å². The number of pyridine rings is 1. The zero-order valence-corrected chi connectivity index (χ0v) is 15.9. The van der Waals surface area contributed by atoms with Gasteiger partial charge in [-0.05, 0) is 37.6 Å². The molecule has 0 unspecified atom stereocenters. The molecule has 5 nitrogen and oxygen atoms in total. The Kier molecular flexibility index (Phi) is 5.09. The van der Waals surface area contributed by atoms with Crippen LogP contribution in [0.3, 0.4) is 0 Å².